The van der Waals surface area contributed by atoms with Crippen LogP contribution >= 0.6 is 0 Å². The number of anilines is 1. The lowest BCUT2D eigenvalue weighted by Gasteiger charge is -2.22. The minimum atomic E-state index is 0.490. The van der Waals surface area contributed by atoms with Gasteiger partial charge in [0.25, 0.3) is 0 Å². The van der Waals surface area contributed by atoms with Gasteiger partial charge in [-0.1, -0.05) is 37.5 Å². The second-order valence-electron chi connectivity index (χ2n) is 7.24. The monoisotopic (exact) mass is 345 g/mol. The molecular formula is C22H25N4+. The van der Waals surface area contributed by atoms with E-state index in [4.69, 9.17) is 0 Å². The highest BCUT2D eigenvalue weighted by molar-refractivity contribution is 5.78. The van der Waals surface area contributed by atoms with Crippen LogP contribution < -0.4 is 9.72 Å². The van der Waals surface area contributed by atoms with Gasteiger partial charge >= 0.3 is 0 Å². The van der Waals surface area contributed by atoms with Gasteiger partial charge < -0.3 is 5.32 Å². The largest absolute Gasteiger partial charge is 0.302 e. The van der Waals surface area contributed by atoms with Gasteiger partial charge in [0.2, 0.25) is 11.5 Å². The molecule has 2 aromatic heterocycles. The molecule has 4 rings (SSSR count). The Morgan fingerprint density at radius 2 is 2.08 bits per heavy atom. The molecular weight excluding hydrogens is 320 g/mol. The number of hydrogen-bond donors (Lipinski definition) is 2. The highest BCUT2D eigenvalue weighted by atomic mass is 15.1. The lowest BCUT2D eigenvalue weighted by Crippen LogP contribution is -2.34. The zero-order valence-corrected chi connectivity index (χ0v) is 15.3. The third-order valence-electron chi connectivity index (χ3n) is 5.60. The first-order valence-corrected chi connectivity index (χ1v) is 9.50. The summed E-state index contributed by atoms with van der Waals surface area (Å²) in [6.07, 6.45) is 8.99. The lowest BCUT2D eigenvalue weighted by molar-refractivity contribution is -0.465. The molecule has 0 saturated heterocycles. The van der Waals surface area contributed by atoms with Crippen molar-refractivity contribution in [3.05, 3.63) is 53.6 Å². The third kappa shape index (κ3) is 2.64. The molecule has 2 N–H and O–H groups in total. The van der Waals surface area contributed by atoms with E-state index in [-0.39, 0.29) is 0 Å². The van der Waals surface area contributed by atoms with Crippen LogP contribution in [0.3, 0.4) is 0 Å². The summed E-state index contributed by atoms with van der Waals surface area (Å²) >= 11 is 0. The predicted molar refractivity (Wildman–Crippen MR) is 105 cm³/mol. The first-order valence-electron chi connectivity index (χ1n) is 9.50. The van der Waals surface area contributed by atoms with E-state index in [0.29, 0.717) is 11.6 Å². The lowest BCUT2D eigenvalue weighted by atomic mass is 9.94. The van der Waals surface area contributed by atoms with Gasteiger partial charge in [0.15, 0.2) is 0 Å². The Kier molecular flexibility index (Phi) is 4.38. The summed E-state index contributed by atoms with van der Waals surface area (Å²) < 4.78 is 2.20. The SMILES string of the molecule is C=CCc1c(C)c(C#N)c2[nH]c3ccccc3[n+]2c1NC1CCCCC1. The predicted octanol–water partition coefficient (Wildman–Crippen LogP) is 4.56. The molecule has 1 fully saturated rings. The number of aromatic nitrogens is 2. The summed E-state index contributed by atoms with van der Waals surface area (Å²) in [5.74, 6) is 1.11. The van der Waals surface area contributed by atoms with Gasteiger partial charge in [-0.15, -0.1) is 6.58 Å². The number of nitriles is 1. The van der Waals surface area contributed by atoms with E-state index in [1.165, 1.54) is 37.7 Å². The van der Waals surface area contributed by atoms with Crippen LogP contribution in [0.15, 0.2) is 36.9 Å². The van der Waals surface area contributed by atoms with Crippen molar-refractivity contribution in [3.8, 4) is 6.07 Å². The molecule has 2 heterocycles. The van der Waals surface area contributed by atoms with Crippen LogP contribution in [0.5, 0.6) is 0 Å². The molecule has 26 heavy (non-hydrogen) atoms. The number of imidazole rings is 1. The van der Waals surface area contributed by atoms with Crippen LogP contribution in [0.4, 0.5) is 5.82 Å². The van der Waals surface area contributed by atoms with Crippen LogP contribution in [0, 0.1) is 18.3 Å². The summed E-state index contributed by atoms with van der Waals surface area (Å²) in [5, 5.41) is 13.7. The molecule has 132 valence electrons. The van der Waals surface area contributed by atoms with Crippen molar-refractivity contribution in [3.63, 3.8) is 0 Å². The average Bonchev–Trinajstić information content (AvgIpc) is 3.05. The number of aromatic amines is 1. The average molecular weight is 345 g/mol. The molecule has 4 heteroatoms. The quantitative estimate of drug-likeness (QED) is 0.538. The van der Waals surface area contributed by atoms with Crippen LogP contribution in [0.1, 0.15) is 48.8 Å². The second kappa shape index (κ2) is 6.84. The maximum atomic E-state index is 9.82. The molecule has 0 atom stereocenters. The highest BCUT2D eigenvalue weighted by Crippen LogP contribution is 2.28. The first kappa shape index (κ1) is 16.7. The van der Waals surface area contributed by atoms with E-state index < -0.39 is 0 Å². The summed E-state index contributed by atoms with van der Waals surface area (Å²) in [5.41, 5.74) is 5.94. The van der Waals surface area contributed by atoms with Gasteiger partial charge in [-0.3, -0.25) is 4.98 Å². The molecule has 0 bridgehead atoms. The van der Waals surface area contributed by atoms with Crippen molar-refractivity contribution >= 4 is 22.5 Å². The molecule has 1 aliphatic rings. The van der Waals surface area contributed by atoms with Gasteiger partial charge in [-0.2, -0.15) is 9.66 Å². The van der Waals surface area contributed by atoms with Crippen molar-refractivity contribution in [2.75, 3.05) is 5.32 Å². The fraction of sp³-hybridized carbons (Fsp3) is 0.364. The van der Waals surface area contributed by atoms with Gasteiger partial charge in [-0.05, 0) is 43.9 Å². The van der Waals surface area contributed by atoms with Crippen molar-refractivity contribution in [1.82, 2.24) is 4.98 Å². The minimum Gasteiger partial charge on any atom is -0.302 e. The summed E-state index contributed by atoms with van der Waals surface area (Å²) in [4.78, 5) is 3.46. The van der Waals surface area contributed by atoms with E-state index in [1.807, 2.05) is 18.2 Å². The number of H-pyrrole nitrogens is 1. The Morgan fingerprint density at radius 3 is 2.81 bits per heavy atom. The Hall–Kier alpha value is -2.80. The molecule has 4 nitrogen and oxygen atoms in total. The topological polar surface area (TPSA) is 55.7 Å². The zero-order valence-electron chi connectivity index (χ0n) is 15.3. The summed E-state index contributed by atoms with van der Waals surface area (Å²) in [6.45, 7) is 5.99. The van der Waals surface area contributed by atoms with Gasteiger partial charge in [-0.25, -0.2) is 0 Å². The second-order valence-corrected chi connectivity index (χ2v) is 7.24. The van der Waals surface area contributed by atoms with E-state index in [0.717, 1.165) is 34.5 Å². The van der Waals surface area contributed by atoms with Crippen LogP contribution in [-0.2, 0) is 6.42 Å². The van der Waals surface area contributed by atoms with Crippen molar-refractivity contribution < 1.29 is 4.40 Å². The van der Waals surface area contributed by atoms with Gasteiger partial charge in [0, 0.05) is 5.56 Å². The molecule has 0 amide bonds. The first-order chi connectivity index (χ1) is 12.7. The number of allylic oxidation sites excluding steroid dienone is 1. The number of para-hydroxylation sites is 2. The molecule has 0 unspecified atom stereocenters. The number of fused-ring (bicyclic) bond motifs is 3. The van der Waals surface area contributed by atoms with Gasteiger partial charge in [0.1, 0.15) is 22.7 Å². The molecule has 0 radical (unpaired) electrons. The van der Waals surface area contributed by atoms with Crippen molar-refractivity contribution in [1.29, 1.82) is 5.26 Å². The molecule has 1 saturated carbocycles. The highest BCUT2D eigenvalue weighted by Gasteiger charge is 2.27. The van der Waals surface area contributed by atoms with Crippen molar-refractivity contribution in [2.45, 2.75) is 51.5 Å². The van der Waals surface area contributed by atoms with Crippen LogP contribution in [0.2, 0.25) is 0 Å². The summed E-state index contributed by atoms with van der Waals surface area (Å²) in [6, 6.07) is 11.2. The van der Waals surface area contributed by atoms with E-state index in [1.54, 1.807) is 0 Å². The molecule has 1 aromatic carbocycles. The number of nitrogens with zero attached hydrogens (tertiary/aromatic N) is 2. The van der Waals surface area contributed by atoms with Crippen LogP contribution in [-0.4, -0.2) is 11.0 Å². The van der Waals surface area contributed by atoms with E-state index in [2.05, 4.69) is 46.4 Å². The zero-order chi connectivity index (χ0) is 18.1. The maximum absolute atomic E-state index is 9.82. The van der Waals surface area contributed by atoms with Crippen molar-refractivity contribution in [2.24, 2.45) is 0 Å². The molecule has 0 spiro atoms. The standard InChI is InChI=1S/C22H24N4/c1-3-9-17-15(2)18(14-23)22-25-19-12-7-8-13-20(19)26(22)21(17)24-16-10-5-4-6-11-16/h3,7-8,12-13,16H,1,4-6,9-11H2,2H3,(H,24,25)/p+1. The maximum Gasteiger partial charge on any atom is 0.250 e. The number of nitrogens with one attached hydrogen (secondary N) is 2. The Labute approximate surface area is 154 Å². The Balaban J connectivity index is 2.03. The van der Waals surface area contributed by atoms with Gasteiger partial charge in [0.05, 0.1) is 6.04 Å². The third-order valence-corrected chi connectivity index (χ3v) is 5.60. The fourth-order valence-electron chi connectivity index (χ4n) is 4.25. The minimum absolute atomic E-state index is 0.490. The number of hydrogen-bond acceptors (Lipinski definition) is 2. The molecule has 1 aliphatic carbocycles. The number of benzene rings is 1. The Bertz CT molecular complexity index is 1020. The normalized spacial score (nSPS) is 15.2. The summed E-state index contributed by atoms with van der Waals surface area (Å²) in [7, 11) is 0. The number of pyridine rings is 1. The Morgan fingerprint density at radius 1 is 1.31 bits per heavy atom. The number of rotatable bonds is 4. The van der Waals surface area contributed by atoms with Crippen LogP contribution in [0.25, 0.3) is 16.7 Å². The molecule has 3 aromatic rings. The van der Waals surface area contributed by atoms with E-state index >= 15 is 0 Å². The fourth-order valence-corrected chi connectivity index (χ4v) is 4.25. The van der Waals surface area contributed by atoms with E-state index in [9.17, 15) is 5.26 Å². The smallest absolute Gasteiger partial charge is 0.250 e. The molecule has 0 aliphatic heterocycles.